The molecule has 3 nitrogen and oxygen atoms in total. The molecule has 1 fully saturated rings. The van der Waals surface area contributed by atoms with Crippen LogP contribution in [0, 0.1) is 5.41 Å². The van der Waals surface area contributed by atoms with Crippen molar-refractivity contribution in [1.29, 1.82) is 0 Å². The van der Waals surface area contributed by atoms with Gasteiger partial charge in [0.15, 0.2) is 0 Å². The highest BCUT2D eigenvalue weighted by molar-refractivity contribution is 5.69. The maximum Gasteiger partial charge on any atom is 0.306 e. The highest BCUT2D eigenvalue weighted by Crippen LogP contribution is 2.33. The van der Waals surface area contributed by atoms with Crippen molar-refractivity contribution < 1.29 is 9.53 Å². The summed E-state index contributed by atoms with van der Waals surface area (Å²) in [5.74, 6) is -0.0983. The molecule has 0 aromatic carbocycles. The van der Waals surface area contributed by atoms with Gasteiger partial charge < -0.3 is 9.64 Å². The third-order valence-corrected chi connectivity index (χ3v) is 3.78. The predicted octanol–water partition coefficient (Wildman–Crippen LogP) is 2.06. The Bertz CT molecular complexity index is 208. The molecular weight excluding hydrogens is 190 g/mol. The summed E-state index contributed by atoms with van der Waals surface area (Å²) in [7, 11) is 1.45. The van der Waals surface area contributed by atoms with Crippen LogP contribution in [-0.4, -0.2) is 37.6 Å². The van der Waals surface area contributed by atoms with Gasteiger partial charge in [-0.05, 0) is 31.3 Å². The summed E-state index contributed by atoms with van der Waals surface area (Å²) in [5.41, 5.74) is 0.530. The maximum atomic E-state index is 11.0. The Kier molecular flexibility index (Phi) is 4.58. The first-order valence-electron chi connectivity index (χ1n) is 5.89. The molecule has 0 N–H and O–H groups in total. The summed E-state index contributed by atoms with van der Waals surface area (Å²) in [6.45, 7) is 7.74. The van der Waals surface area contributed by atoms with Gasteiger partial charge in [-0.1, -0.05) is 20.3 Å². The number of ether oxygens (including phenoxy) is 1. The minimum atomic E-state index is -0.0983. The second-order valence-electron chi connectivity index (χ2n) is 4.83. The highest BCUT2D eigenvalue weighted by Gasteiger charge is 2.28. The Balaban J connectivity index is 2.23. The van der Waals surface area contributed by atoms with E-state index in [-0.39, 0.29) is 5.97 Å². The zero-order valence-electron chi connectivity index (χ0n) is 10.2. The number of esters is 1. The van der Waals surface area contributed by atoms with Crippen LogP contribution in [0.2, 0.25) is 0 Å². The normalized spacial score (nSPS) is 21.3. The van der Waals surface area contributed by atoms with E-state index in [1.165, 1.54) is 26.4 Å². The molecule has 1 aliphatic rings. The van der Waals surface area contributed by atoms with Crippen molar-refractivity contribution in [3.63, 3.8) is 0 Å². The number of piperidine rings is 1. The van der Waals surface area contributed by atoms with Gasteiger partial charge in [-0.2, -0.15) is 0 Å². The van der Waals surface area contributed by atoms with Crippen LogP contribution in [0.25, 0.3) is 0 Å². The molecule has 88 valence electrons. The molecule has 0 atom stereocenters. The molecule has 0 unspecified atom stereocenters. The van der Waals surface area contributed by atoms with Crippen LogP contribution in [0.1, 0.15) is 39.5 Å². The minimum absolute atomic E-state index is 0.0983. The van der Waals surface area contributed by atoms with Crippen LogP contribution in [0.3, 0.4) is 0 Å². The first-order valence-corrected chi connectivity index (χ1v) is 5.89. The summed E-state index contributed by atoms with van der Waals surface area (Å²) in [6.07, 6.45) is 4.30. The number of carbonyl (C=O) groups excluding carboxylic acids is 1. The van der Waals surface area contributed by atoms with Gasteiger partial charge in [0.1, 0.15) is 0 Å². The van der Waals surface area contributed by atoms with E-state index < -0.39 is 0 Å². The van der Waals surface area contributed by atoms with Crippen molar-refractivity contribution in [2.75, 3.05) is 26.7 Å². The first-order chi connectivity index (χ1) is 7.09. The lowest BCUT2D eigenvalue weighted by Crippen LogP contribution is -2.39. The molecule has 0 saturated carbocycles. The van der Waals surface area contributed by atoms with Crippen LogP contribution < -0.4 is 0 Å². The molecule has 0 bridgehead atoms. The Morgan fingerprint density at radius 2 is 2.00 bits per heavy atom. The number of nitrogens with zero attached hydrogens (tertiary/aromatic N) is 1. The van der Waals surface area contributed by atoms with E-state index in [1.54, 1.807) is 0 Å². The largest absolute Gasteiger partial charge is 0.469 e. The van der Waals surface area contributed by atoms with E-state index in [0.29, 0.717) is 11.8 Å². The lowest BCUT2D eigenvalue weighted by Gasteiger charge is -2.38. The lowest BCUT2D eigenvalue weighted by molar-refractivity contribution is -0.141. The monoisotopic (exact) mass is 213 g/mol. The van der Waals surface area contributed by atoms with E-state index in [2.05, 4.69) is 23.5 Å². The SMILES string of the molecule is CCC1(C)CCN(CCC(=O)OC)CC1. The van der Waals surface area contributed by atoms with Gasteiger partial charge >= 0.3 is 5.97 Å². The number of carbonyl (C=O) groups is 1. The molecule has 3 heteroatoms. The zero-order chi connectivity index (χ0) is 11.3. The van der Waals surface area contributed by atoms with Crippen molar-refractivity contribution in [1.82, 2.24) is 4.90 Å². The van der Waals surface area contributed by atoms with Crippen molar-refractivity contribution in [2.45, 2.75) is 39.5 Å². The quantitative estimate of drug-likeness (QED) is 0.669. The number of methoxy groups -OCH3 is 1. The van der Waals surface area contributed by atoms with Crippen LogP contribution in [0.15, 0.2) is 0 Å². The lowest BCUT2D eigenvalue weighted by atomic mass is 9.78. The molecule has 1 aliphatic heterocycles. The van der Waals surface area contributed by atoms with Gasteiger partial charge in [-0.25, -0.2) is 0 Å². The summed E-state index contributed by atoms with van der Waals surface area (Å²) < 4.78 is 4.64. The van der Waals surface area contributed by atoms with Crippen molar-refractivity contribution in [2.24, 2.45) is 5.41 Å². The van der Waals surface area contributed by atoms with Gasteiger partial charge in [-0.15, -0.1) is 0 Å². The van der Waals surface area contributed by atoms with Gasteiger partial charge in [0.2, 0.25) is 0 Å². The predicted molar refractivity (Wildman–Crippen MR) is 60.7 cm³/mol. The number of likely N-dealkylation sites (tertiary alicyclic amines) is 1. The highest BCUT2D eigenvalue weighted by atomic mass is 16.5. The van der Waals surface area contributed by atoms with Crippen molar-refractivity contribution in [3.05, 3.63) is 0 Å². The summed E-state index contributed by atoms with van der Waals surface area (Å²) in [4.78, 5) is 13.4. The molecular formula is C12H23NO2. The third kappa shape index (κ3) is 3.82. The average molecular weight is 213 g/mol. The number of hydrogen-bond acceptors (Lipinski definition) is 3. The van der Waals surface area contributed by atoms with E-state index in [9.17, 15) is 4.79 Å². The fraction of sp³-hybridized carbons (Fsp3) is 0.917. The fourth-order valence-corrected chi connectivity index (χ4v) is 2.02. The van der Waals surface area contributed by atoms with E-state index in [4.69, 9.17) is 0 Å². The number of rotatable bonds is 4. The van der Waals surface area contributed by atoms with Crippen molar-refractivity contribution >= 4 is 5.97 Å². The third-order valence-electron chi connectivity index (χ3n) is 3.78. The second-order valence-corrected chi connectivity index (χ2v) is 4.83. The summed E-state index contributed by atoms with van der Waals surface area (Å²) in [6, 6.07) is 0. The molecule has 1 rings (SSSR count). The molecule has 1 heterocycles. The molecule has 1 saturated heterocycles. The van der Waals surface area contributed by atoms with E-state index >= 15 is 0 Å². The Hall–Kier alpha value is -0.570. The Labute approximate surface area is 92.8 Å². The standard InChI is InChI=1S/C12H23NO2/c1-4-12(2)6-9-13(10-7-12)8-5-11(14)15-3/h4-10H2,1-3H3. The molecule has 0 aromatic heterocycles. The van der Waals surface area contributed by atoms with Gasteiger partial charge in [0.25, 0.3) is 0 Å². The summed E-state index contributed by atoms with van der Waals surface area (Å²) >= 11 is 0. The van der Waals surface area contributed by atoms with Crippen LogP contribution >= 0.6 is 0 Å². The van der Waals surface area contributed by atoms with Gasteiger partial charge in [0, 0.05) is 6.54 Å². The molecule has 0 spiro atoms. The second kappa shape index (κ2) is 5.50. The Morgan fingerprint density at radius 1 is 1.40 bits per heavy atom. The topological polar surface area (TPSA) is 29.5 Å². The average Bonchev–Trinajstić information content (AvgIpc) is 2.28. The Morgan fingerprint density at radius 3 is 2.47 bits per heavy atom. The van der Waals surface area contributed by atoms with Gasteiger partial charge in [-0.3, -0.25) is 4.79 Å². The maximum absolute atomic E-state index is 11.0. The van der Waals surface area contributed by atoms with E-state index in [0.717, 1.165) is 19.6 Å². The molecule has 0 aliphatic carbocycles. The van der Waals surface area contributed by atoms with Crippen molar-refractivity contribution in [3.8, 4) is 0 Å². The first kappa shape index (κ1) is 12.5. The number of hydrogen-bond donors (Lipinski definition) is 0. The minimum Gasteiger partial charge on any atom is -0.469 e. The molecule has 15 heavy (non-hydrogen) atoms. The van der Waals surface area contributed by atoms with Gasteiger partial charge in [0.05, 0.1) is 13.5 Å². The zero-order valence-corrected chi connectivity index (χ0v) is 10.2. The smallest absolute Gasteiger partial charge is 0.306 e. The molecule has 0 radical (unpaired) electrons. The van der Waals surface area contributed by atoms with E-state index in [1.807, 2.05) is 0 Å². The summed E-state index contributed by atoms with van der Waals surface area (Å²) in [5, 5.41) is 0. The molecule has 0 amide bonds. The van der Waals surface area contributed by atoms with Crippen LogP contribution in [0.5, 0.6) is 0 Å². The van der Waals surface area contributed by atoms with Crippen LogP contribution in [0.4, 0.5) is 0 Å². The fourth-order valence-electron chi connectivity index (χ4n) is 2.02. The molecule has 0 aromatic rings. The van der Waals surface area contributed by atoms with Crippen LogP contribution in [-0.2, 0) is 9.53 Å².